The molecule has 2 fully saturated rings. The Hall–Kier alpha value is -0.810. The molecule has 2 heterocycles. The molecule has 0 spiro atoms. The van der Waals surface area contributed by atoms with E-state index in [4.69, 9.17) is 4.74 Å². The molecule has 1 unspecified atom stereocenters. The molecule has 2 aliphatic heterocycles. The Morgan fingerprint density at radius 3 is 2.39 bits per heavy atom. The lowest BCUT2D eigenvalue weighted by atomic mass is 9.84. The maximum absolute atomic E-state index is 11.5. The van der Waals surface area contributed by atoms with Crippen LogP contribution in [0.4, 0.5) is 4.79 Å². The van der Waals surface area contributed by atoms with Gasteiger partial charge in [0.2, 0.25) is 0 Å². The molecular weight excluding hydrogens is 230 g/mol. The predicted molar refractivity (Wildman–Crippen MR) is 70.1 cm³/mol. The van der Waals surface area contributed by atoms with Crippen LogP contribution >= 0.6 is 0 Å². The number of amides is 1. The van der Waals surface area contributed by atoms with E-state index in [0.29, 0.717) is 18.1 Å². The molecule has 0 aromatic heterocycles. The van der Waals surface area contributed by atoms with Crippen molar-refractivity contribution in [3.63, 3.8) is 0 Å². The van der Waals surface area contributed by atoms with E-state index in [9.17, 15) is 4.79 Å². The lowest BCUT2D eigenvalue weighted by Crippen LogP contribution is -2.57. The maximum Gasteiger partial charge on any atom is 0.422 e. The number of fused-ring (bicyclic) bond motifs is 2. The van der Waals surface area contributed by atoms with Crippen molar-refractivity contribution in [1.82, 2.24) is 16.2 Å². The van der Waals surface area contributed by atoms with Crippen LogP contribution in [-0.4, -0.2) is 29.8 Å². The van der Waals surface area contributed by atoms with Gasteiger partial charge >= 0.3 is 6.09 Å². The molecule has 18 heavy (non-hydrogen) atoms. The summed E-state index contributed by atoms with van der Waals surface area (Å²) >= 11 is 0. The topological polar surface area (TPSA) is 62.4 Å². The van der Waals surface area contributed by atoms with E-state index in [0.717, 1.165) is 12.8 Å². The van der Waals surface area contributed by atoms with Gasteiger partial charge in [-0.25, -0.2) is 10.2 Å². The summed E-state index contributed by atoms with van der Waals surface area (Å²) in [6, 6.07) is 1.57. The summed E-state index contributed by atoms with van der Waals surface area (Å²) in [5.41, 5.74) is 5.32. The fourth-order valence-corrected chi connectivity index (χ4v) is 2.85. The largest absolute Gasteiger partial charge is 0.443 e. The molecule has 0 aliphatic carbocycles. The van der Waals surface area contributed by atoms with Crippen LogP contribution in [-0.2, 0) is 4.74 Å². The normalized spacial score (nSPS) is 31.8. The number of piperidine rings is 2. The van der Waals surface area contributed by atoms with E-state index < -0.39 is 11.7 Å². The summed E-state index contributed by atoms with van der Waals surface area (Å²) in [7, 11) is 0. The fraction of sp³-hybridized carbons (Fsp3) is 0.923. The molecule has 3 atom stereocenters. The van der Waals surface area contributed by atoms with Crippen LogP contribution in [0, 0.1) is 0 Å². The summed E-state index contributed by atoms with van der Waals surface area (Å²) in [6.45, 7) is 5.59. The second kappa shape index (κ2) is 5.45. The van der Waals surface area contributed by atoms with Gasteiger partial charge in [0.05, 0.1) is 0 Å². The Kier molecular flexibility index (Phi) is 4.12. The molecule has 5 nitrogen and oxygen atoms in total. The zero-order chi connectivity index (χ0) is 13.2. The van der Waals surface area contributed by atoms with E-state index in [-0.39, 0.29) is 0 Å². The molecule has 2 bridgehead atoms. The molecule has 104 valence electrons. The lowest BCUT2D eigenvalue weighted by Gasteiger charge is -2.40. The van der Waals surface area contributed by atoms with Crippen molar-refractivity contribution in [2.75, 3.05) is 0 Å². The Labute approximate surface area is 109 Å². The predicted octanol–water partition coefficient (Wildman–Crippen LogP) is 1.69. The highest BCUT2D eigenvalue weighted by Crippen LogP contribution is 2.25. The molecule has 3 N–H and O–H groups in total. The third-order valence-electron chi connectivity index (χ3n) is 3.49. The van der Waals surface area contributed by atoms with Crippen LogP contribution < -0.4 is 16.2 Å². The lowest BCUT2D eigenvalue weighted by molar-refractivity contribution is 0.0472. The zero-order valence-corrected chi connectivity index (χ0v) is 11.6. The molecule has 0 aromatic carbocycles. The Morgan fingerprint density at radius 2 is 1.83 bits per heavy atom. The number of carbonyl (C=O) groups is 1. The molecule has 2 rings (SSSR count). The van der Waals surface area contributed by atoms with Gasteiger partial charge in [-0.2, -0.15) is 0 Å². The number of ether oxygens (including phenoxy) is 1. The highest BCUT2D eigenvalue weighted by Gasteiger charge is 2.31. The van der Waals surface area contributed by atoms with E-state index in [1.165, 1.54) is 19.3 Å². The fourth-order valence-electron chi connectivity index (χ4n) is 2.85. The second-order valence-corrected chi connectivity index (χ2v) is 6.43. The van der Waals surface area contributed by atoms with Crippen molar-refractivity contribution >= 4 is 6.09 Å². The number of hydrogen-bond acceptors (Lipinski definition) is 4. The third kappa shape index (κ3) is 4.14. The first-order valence-corrected chi connectivity index (χ1v) is 6.93. The van der Waals surface area contributed by atoms with Crippen LogP contribution in [0.5, 0.6) is 0 Å². The number of hydrazine groups is 1. The van der Waals surface area contributed by atoms with E-state index in [1.807, 2.05) is 20.8 Å². The first-order chi connectivity index (χ1) is 8.42. The second-order valence-electron chi connectivity index (χ2n) is 6.43. The van der Waals surface area contributed by atoms with Crippen LogP contribution in [0.2, 0.25) is 0 Å². The van der Waals surface area contributed by atoms with Crippen molar-refractivity contribution in [1.29, 1.82) is 0 Å². The van der Waals surface area contributed by atoms with E-state index in [1.54, 1.807) is 0 Å². The van der Waals surface area contributed by atoms with Gasteiger partial charge in [-0.05, 0) is 46.5 Å². The average Bonchev–Trinajstić information content (AvgIpc) is 2.23. The van der Waals surface area contributed by atoms with Gasteiger partial charge < -0.3 is 10.1 Å². The molecule has 5 heteroatoms. The van der Waals surface area contributed by atoms with Gasteiger partial charge in [-0.1, -0.05) is 6.42 Å². The van der Waals surface area contributed by atoms with Gasteiger partial charge in [-0.3, -0.25) is 5.43 Å². The van der Waals surface area contributed by atoms with Gasteiger partial charge in [0.1, 0.15) is 5.60 Å². The minimum absolute atomic E-state index is 0.356. The van der Waals surface area contributed by atoms with E-state index in [2.05, 4.69) is 16.2 Å². The molecule has 2 aliphatic rings. The maximum atomic E-state index is 11.5. The van der Waals surface area contributed by atoms with Crippen molar-refractivity contribution in [2.24, 2.45) is 0 Å². The summed E-state index contributed by atoms with van der Waals surface area (Å²) < 4.78 is 5.19. The zero-order valence-electron chi connectivity index (χ0n) is 11.6. The number of carbonyl (C=O) groups excluding carboxylic acids is 1. The molecule has 2 saturated heterocycles. The monoisotopic (exact) mass is 255 g/mol. The first kappa shape index (κ1) is 13.6. The van der Waals surface area contributed by atoms with Gasteiger partial charge in [0, 0.05) is 18.1 Å². The van der Waals surface area contributed by atoms with E-state index >= 15 is 0 Å². The Balaban J connectivity index is 1.72. The number of nitrogens with one attached hydrogen (secondary N) is 3. The summed E-state index contributed by atoms with van der Waals surface area (Å²) in [4.78, 5) is 11.5. The van der Waals surface area contributed by atoms with Crippen molar-refractivity contribution in [3.05, 3.63) is 0 Å². The van der Waals surface area contributed by atoms with Gasteiger partial charge in [0.15, 0.2) is 0 Å². The number of hydrogen-bond donors (Lipinski definition) is 3. The minimum atomic E-state index is -0.448. The molecule has 0 aromatic rings. The summed E-state index contributed by atoms with van der Waals surface area (Å²) in [6.07, 6.45) is 5.58. The standard InChI is InChI=1S/C13H25N3O2/c1-13(2,3)18-12(17)16-15-11-7-9-5-4-6-10(8-11)14-9/h9-11,14-15H,4-8H2,1-3H3,(H,16,17)/t9-,10+,11?. The minimum Gasteiger partial charge on any atom is -0.443 e. The van der Waals surface area contributed by atoms with Crippen molar-refractivity contribution < 1.29 is 9.53 Å². The van der Waals surface area contributed by atoms with Crippen LogP contribution in [0.25, 0.3) is 0 Å². The number of rotatable bonds is 2. The van der Waals surface area contributed by atoms with Crippen LogP contribution in [0.1, 0.15) is 52.9 Å². The molecular formula is C13H25N3O2. The highest BCUT2D eigenvalue weighted by molar-refractivity contribution is 5.67. The first-order valence-electron chi connectivity index (χ1n) is 6.93. The SMILES string of the molecule is CC(C)(C)OC(=O)NNC1C[C@H]2CCC[C@@H](C1)N2. The summed E-state index contributed by atoms with van der Waals surface area (Å²) in [5.74, 6) is 0. The molecule has 0 radical (unpaired) electrons. The Bertz CT molecular complexity index is 289. The van der Waals surface area contributed by atoms with Crippen molar-refractivity contribution in [2.45, 2.75) is 76.6 Å². The smallest absolute Gasteiger partial charge is 0.422 e. The van der Waals surface area contributed by atoms with Crippen molar-refractivity contribution in [3.8, 4) is 0 Å². The average molecular weight is 255 g/mol. The van der Waals surface area contributed by atoms with Crippen LogP contribution in [0.15, 0.2) is 0 Å². The highest BCUT2D eigenvalue weighted by atomic mass is 16.6. The third-order valence-corrected chi connectivity index (χ3v) is 3.49. The Morgan fingerprint density at radius 1 is 1.22 bits per heavy atom. The molecule has 1 amide bonds. The quantitative estimate of drug-likeness (QED) is 0.657. The van der Waals surface area contributed by atoms with Crippen LogP contribution in [0.3, 0.4) is 0 Å². The van der Waals surface area contributed by atoms with Gasteiger partial charge in [0.25, 0.3) is 0 Å². The molecule has 0 saturated carbocycles. The summed E-state index contributed by atoms with van der Waals surface area (Å²) in [5, 5.41) is 3.62. The van der Waals surface area contributed by atoms with Gasteiger partial charge in [-0.15, -0.1) is 0 Å².